The molecule has 0 radical (unpaired) electrons. The van der Waals surface area contributed by atoms with Crippen molar-refractivity contribution in [2.75, 3.05) is 0 Å². The first-order valence-electron chi connectivity index (χ1n) is 50.0. The van der Waals surface area contributed by atoms with E-state index in [1.807, 2.05) is 261 Å². The molecule has 22 aromatic carbocycles. The van der Waals surface area contributed by atoms with E-state index < -0.39 is 0 Å². The van der Waals surface area contributed by atoms with Crippen molar-refractivity contribution in [3.05, 3.63) is 540 Å². The molecule has 0 saturated heterocycles. The highest BCUT2D eigenvalue weighted by Gasteiger charge is 2.24. The SMILES string of the molecule is c1ccc(-c2ccc(-c3nc(-c4ccc(-c5ccccc5)cc4)c4ccccc4n3)cc2)cc1.c1ccc(-c2ccc(-c3nc(-c4ccccc4)nc(-c4cccc5oc6ccccc6c45)n3)cc2)cc1.c1ccc(-c2nc(-c3ccccc3)nc(-c3cccc(-c4cccc(-c5ccc6c7ccccc7c7ccccc7c6c5)c4)c3)n2)cc1.c1ccc(-c2nc(-c3ccccc3)nc(-c3cccc4oc5ccccc5c34)n2)cc1. The summed E-state index contributed by atoms with van der Waals surface area (Å²) in [5.74, 6) is 6.51. The number of benzene rings is 22. The number of hydrogen-bond acceptors (Lipinski definition) is 13. The summed E-state index contributed by atoms with van der Waals surface area (Å²) in [5, 5.41) is 12.9. The molecule has 0 aliphatic carbocycles. The standard InChI is InChI=1S/C45H29N3.C33H21N3O.C32H22N2.C27H17N3O/c1-3-13-30(14-4-1)43-46-44(31-15-5-2-6-16-31)48-45(47-43)36-20-12-19-34(28-36)32-17-11-18-33(27-32)35-25-26-41-39-23-8-7-21-37(39)38-22-9-10-24-40(38)42(41)29-35;1-3-10-22(11-4-1)23-18-20-25(21-19-23)32-34-31(24-12-5-2-6-13-24)35-33(36-32)27-15-9-17-29-30(27)26-14-7-8-16-28(26)37-29;1-3-9-23(10-4-1)25-15-19-27(20-16-25)31-29-13-7-8-14-30(29)33-32(34-31)28-21-17-26(18-22-28)24-11-5-2-6-12-24;1-3-10-18(11-4-1)25-28-26(19-12-5-2-6-13-19)30-27(29-25)21-15-9-17-23-24(21)20-14-7-8-16-22(20)31-23/h1-29H;1-21H;1-22H;1-17H. The molecule has 28 rings (SSSR count). The Morgan fingerprint density at radius 1 is 0.113 bits per heavy atom. The third kappa shape index (κ3) is 18.8. The van der Waals surface area contributed by atoms with E-state index in [-0.39, 0.29) is 0 Å². The van der Waals surface area contributed by atoms with Crippen LogP contribution in [0.3, 0.4) is 0 Å². The highest BCUT2D eigenvalue weighted by Crippen LogP contribution is 2.44. The van der Waals surface area contributed by atoms with Crippen molar-refractivity contribution in [1.82, 2.24) is 54.8 Å². The van der Waals surface area contributed by atoms with Gasteiger partial charge in [-0.1, -0.05) is 491 Å². The summed E-state index contributed by atoms with van der Waals surface area (Å²) in [7, 11) is 0. The van der Waals surface area contributed by atoms with Gasteiger partial charge in [-0.25, -0.2) is 54.8 Å². The van der Waals surface area contributed by atoms with Gasteiger partial charge in [-0.15, -0.1) is 0 Å². The Balaban J connectivity index is 0.000000105. The maximum absolute atomic E-state index is 6.13. The molecule has 0 bridgehead atoms. The molecule has 6 aromatic heterocycles. The second kappa shape index (κ2) is 41.1. The van der Waals surface area contributed by atoms with E-state index in [2.05, 4.69) is 279 Å². The Bertz CT molecular complexity index is 9630. The Morgan fingerprint density at radius 2 is 0.333 bits per heavy atom. The van der Waals surface area contributed by atoms with Crippen molar-refractivity contribution in [3.63, 3.8) is 0 Å². The largest absolute Gasteiger partial charge is 0.456 e. The van der Waals surface area contributed by atoms with Crippen LogP contribution in [0.2, 0.25) is 0 Å². The number of nitrogens with zero attached hydrogens (tertiary/aromatic N) is 11. The summed E-state index contributed by atoms with van der Waals surface area (Å²) in [5.41, 5.74) is 27.5. The molecular formula is C137H89N11O2. The van der Waals surface area contributed by atoms with E-state index in [1.54, 1.807) is 0 Å². The summed E-state index contributed by atoms with van der Waals surface area (Å²) >= 11 is 0. The number of furan rings is 2. The molecule has 0 aliphatic heterocycles. The molecule has 150 heavy (non-hydrogen) atoms. The minimum Gasteiger partial charge on any atom is -0.456 e. The van der Waals surface area contributed by atoms with Crippen LogP contribution in [-0.4, -0.2) is 54.8 Å². The molecule has 0 unspecified atom stereocenters. The summed E-state index contributed by atoms with van der Waals surface area (Å²) in [4.78, 5) is 54.0. The van der Waals surface area contributed by atoms with E-state index in [0.717, 1.165) is 144 Å². The van der Waals surface area contributed by atoms with E-state index in [1.165, 1.54) is 71.3 Å². The molecule has 6 heterocycles. The Morgan fingerprint density at radius 3 is 0.700 bits per heavy atom. The Hall–Kier alpha value is -20.4. The van der Waals surface area contributed by atoms with Gasteiger partial charge in [-0.05, 0) is 136 Å². The maximum atomic E-state index is 6.13. The Labute approximate surface area is 865 Å². The van der Waals surface area contributed by atoms with E-state index in [0.29, 0.717) is 52.4 Å². The van der Waals surface area contributed by atoms with Gasteiger partial charge in [0.1, 0.15) is 22.3 Å². The molecule has 0 aliphatic rings. The molecule has 28 aromatic rings. The average Bonchev–Trinajstić information content (AvgIpc) is 0.756. The predicted octanol–water partition coefficient (Wildman–Crippen LogP) is 35.2. The van der Waals surface area contributed by atoms with Gasteiger partial charge in [0.25, 0.3) is 0 Å². The van der Waals surface area contributed by atoms with Gasteiger partial charge >= 0.3 is 0 Å². The normalized spacial score (nSPS) is 11.2. The predicted molar refractivity (Wildman–Crippen MR) is 613 cm³/mol. The first kappa shape index (κ1) is 90.8. The van der Waals surface area contributed by atoms with E-state index >= 15 is 0 Å². The van der Waals surface area contributed by atoms with Crippen LogP contribution in [0.1, 0.15) is 0 Å². The van der Waals surface area contributed by atoms with Gasteiger partial charge in [-0.2, -0.15) is 0 Å². The summed E-state index contributed by atoms with van der Waals surface area (Å²) in [6.45, 7) is 0. The summed E-state index contributed by atoms with van der Waals surface area (Å²) in [6.07, 6.45) is 0. The third-order valence-electron chi connectivity index (χ3n) is 27.1. The minimum atomic E-state index is 0.619. The minimum absolute atomic E-state index is 0.619. The molecule has 0 atom stereocenters. The molecule has 13 nitrogen and oxygen atoms in total. The number of fused-ring (bicyclic) bond motifs is 13. The van der Waals surface area contributed by atoms with E-state index in [4.69, 9.17) is 63.7 Å². The van der Waals surface area contributed by atoms with Crippen LogP contribution in [0, 0.1) is 0 Å². The number of hydrogen-bond donors (Lipinski definition) is 0. The first-order chi connectivity index (χ1) is 74.3. The van der Waals surface area contributed by atoms with Gasteiger partial charge < -0.3 is 8.83 Å². The molecule has 0 spiro atoms. The fourth-order valence-electron chi connectivity index (χ4n) is 19.7. The number of rotatable bonds is 16. The van der Waals surface area contributed by atoms with Crippen LogP contribution in [-0.2, 0) is 0 Å². The highest BCUT2D eigenvalue weighted by atomic mass is 16.3. The van der Waals surface area contributed by atoms with Crippen molar-refractivity contribution in [1.29, 1.82) is 0 Å². The second-order valence-electron chi connectivity index (χ2n) is 36.6. The number of aromatic nitrogens is 11. The molecular weight excluding hydrogens is 1830 g/mol. The average molecular weight is 1920 g/mol. The van der Waals surface area contributed by atoms with Crippen molar-refractivity contribution in [2.24, 2.45) is 0 Å². The Kier molecular flexibility index (Phi) is 24.9. The van der Waals surface area contributed by atoms with Gasteiger partial charge in [0.05, 0.1) is 11.2 Å². The quantitative estimate of drug-likeness (QED) is 0.0839. The van der Waals surface area contributed by atoms with Crippen LogP contribution in [0.5, 0.6) is 0 Å². The monoisotopic (exact) mass is 1920 g/mol. The van der Waals surface area contributed by atoms with Crippen LogP contribution in [0.25, 0.3) is 268 Å². The van der Waals surface area contributed by atoms with Crippen molar-refractivity contribution < 1.29 is 8.83 Å². The van der Waals surface area contributed by atoms with Crippen molar-refractivity contribution in [2.45, 2.75) is 0 Å². The fourth-order valence-corrected chi connectivity index (χ4v) is 19.7. The maximum Gasteiger partial charge on any atom is 0.164 e. The molecule has 0 amide bonds. The molecule has 0 fully saturated rings. The van der Waals surface area contributed by atoms with Crippen LogP contribution >= 0.6 is 0 Å². The van der Waals surface area contributed by atoms with Crippen LogP contribution in [0.15, 0.2) is 549 Å². The van der Waals surface area contributed by atoms with Crippen LogP contribution in [0.4, 0.5) is 0 Å². The van der Waals surface area contributed by atoms with Gasteiger partial charge in [0.2, 0.25) is 0 Å². The smallest absolute Gasteiger partial charge is 0.164 e. The van der Waals surface area contributed by atoms with Crippen LogP contribution < -0.4 is 0 Å². The van der Waals surface area contributed by atoms with Gasteiger partial charge in [0.15, 0.2) is 58.2 Å². The fraction of sp³-hybridized carbons (Fsp3) is 0. The zero-order valence-corrected chi connectivity index (χ0v) is 81.1. The van der Waals surface area contributed by atoms with Crippen molar-refractivity contribution >= 4 is 87.1 Å². The second-order valence-corrected chi connectivity index (χ2v) is 36.6. The summed E-state index contributed by atoms with van der Waals surface area (Å²) < 4.78 is 12.2. The third-order valence-corrected chi connectivity index (χ3v) is 27.1. The molecule has 704 valence electrons. The summed E-state index contributed by atoms with van der Waals surface area (Å²) in [6, 6.07) is 185. The topological polar surface area (TPSA) is 168 Å². The number of para-hydroxylation sites is 3. The molecule has 13 heteroatoms. The van der Waals surface area contributed by atoms with Crippen molar-refractivity contribution in [3.8, 4) is 181 Å². The lowest BCUT2D eigenvalue weighted by Crippen LogP contribution is -2.00. The van der Waals surface area contributed by atoms with Gasteiger partial charge in [0, 0.05) is 88.1 Å². The van der Waals surface area contributed by atoms with E-state index in [9.17, 15) is 0 Å². The zero-order chi connectivity index (χ0) is 99.8. The highest BCUT2D eigenvalue weighted by molar-refractivity contribution is 6.26. The van der Waals surface area contributed by atoms with Gasteiger partial charge in [-0.3, -0.25) is 0 Å². The first-order valence-corrected chi connectivity index (χ1v) is 50.0. The zero-order valence-electron chi connectivity index (χ0n) is 81.1. The lowest BCUT2D eigenvalue weighted by atomic mass is 9.91. The lowest BCUT2D eigenvalue weighted by molar-refractivity contribution is 0.668. The lowest BCUT2D eigenvalue weighted by Gasteiger charge is -2.13. The molecule has 0 N–H and O–H groups in total. The molecule has 0 saturated carbocycles.